The van der Waals surface area contributed by atoms with Gasteiger partial charge >= 0.3 is 5.97 Å². The molecule has 0 saturated carbocycles. The minimum atomic E-state index is -1.61. The van der Waals surface area contributed by atoms with E-state index in [0.717, 1.165) is 33.8 Å². The number of hydrogen-bond donors (Lipinski definition) is 3. The minimum Gasteiger partial charge on any atom is -0.477 e. The van der Waals surface area contributed by atoms with Crippen LogP contribution in [0.5, 0.6) is 0 Å². The molecule has 1 atom stereocenters. The van der Waals surface area contributed by atoms with Crippen LogP contribution in [0.1, 0.15) is 21.3 Å². The quantitative estimate of drug-likeness (QED) is 0.251. The number of halogens is 2. The van der Waals surface area contributed by atoms with Crippen molar-refractivity contribution in [3.05, 3.63) is 93.5 Å². The second-order valence-corrected chi connectivity index (χ2v) is 9.64. The first-order valence-electron chi connectivity index (χ1n) is 10.5. The van der Waals surface area contributed by atoms with Gasteiger partial charge in [0.25, 0.3) is 5.91 Å². The van der Waals surface area contributed by atoms with Gasteiger partial charge in [-0.05, 0) is 29.8 Å². The maximum atomic E-state index is 12.7. The van der Waals surface area contributed by atoms with Gasteiger partial charge in [-0.3, -0.25) is 4.79 Å². The zero-order valence-corrected chi connectivity index (χ0v) is 20.6. The molecule has 3 N–H and O–H groups in total. The van der Waals surface area contributed by atoms with Crippen LogP contribution in [0, 0.1) is 0 Å². The number of aromatic nitrogens is 3. The average Bonchev–Trinajstić information content (AvgIpc) is 3.48. The number of carbonyl (C=O) groups is 2. The lowest BCUT2D eigenvalue weighted by Gasteiger charge is -2.13. The molecule has 0 bridgehead atoms. The van der Waals surface area contributed by atoms with Gasteiger partial charge in [0.1, 0.15) is 4.88 Å². The van der Waals surface area contributed by atoms with Crippen molar-refractivity contribution in [1.29, 1.82) is 0 Å². The molecule has 8 nitrogen and oxygen atoms in total. The third kappa shape index (κ3) is 4.69. The van der Waals surface area contributed by atoms with Crippen molar-refractivity contribution in [1.82, 2.24) is 14.6 Å². The number of fused-ring (bicyclic) bond motifs is 1. The SMILES string of the molecule is O=C(O)c1sc(-c2ccc(-c3cc4ncccn4n3)cc2)cc1NC(=O)C(O)c1ccc(Cl)cc1Cl. The van der Waals surface area contributed by atoms with Gasteiger partial charge in [-0.2, -0.15) is 5.10 Å². The number of hydrogen-bond acceptors (Lipinski definition) is 6. The van der Waals surface area contributed by atoms with E-state index in [1.807, 2.05) is 36.5 Å². The summed E-state index contributed by atoms with van der Waals surface area (Å²) < 4.78 is 1.68. The van der Waals surface area contributed by atoms with Crippen molar-refractivity contribution >= 4 is 57.7 Å². The maximum Gasteiger partial charge on any atom is 0.348 e. The predicted octanol–water partition coefficient (Wildman–Crippen LogP) is 5.80. The predicted molar refractivity (Wildman–Crippen MR) is 139 cm³/mol. The third-order valence-corrected chi connectivity index (χ3v) is 7.13. The average molecular weight is 539 g/mol. The number of carbonyl (C=O) groups excluding carboxylic acids is 1. The molecule has 0 aliphatic heterocycles. The molecule has 0 aliphatic rings. The Kier molecular flexibility index (Phi) is 6.46. The first-order valence-corrected chi connectivity index (χ1v) is 12.1. The van der Waals surface area contributed by atoms with Gasteiger partial charge in [-0.25, -0.2) is 14.3 Å². The Morgan fingerprint density at radius 1 is 1.03 bits per heavy atom. The summed E-state index contributed by atoms with van der Waals surface area (Å²) in [7, 11) is 0. The molecule has 0 fully saturated rings. The fourth-order valence-electron chi connectivity index (χ4n) is 3.63. The van der Waals surface area contributed by atoms with E-state index in [4.69, 9.17) is 23.2 Å². The van der Waals surface area contributed by atoms with Crippen LogP contribution in [-0.2, 0) is 4.79 Å². The number of rotatable bonds is 6. The lowest BCUT2D eigenvalue weighted by Crippen LogP contribution is -2.21. The van der Waals surface area contributed by atoms with Crippen molar-refractivity contribution in [2.24, 2.45) is 0 Å². The van der Waals surface area contributed by atoms with Crippen LogP contribution >= 0.6 is 34.5 Å². The number of aromatic carboxylic acids is 1. The van der Waals surface area contributed by atoms with Gasteiger partial charge in [-0.1, -0.05) is 53.5 Å². The normalized spacial score (nSPS) is 12.0. The largest absolute Gasteiger partial charge is 0.477 e. The molecule has 0 spiro atoms. The minimum absolute atomic E-state index is 0.0664. The first kappa shape index (κ1) is 24.0. The molecule has 0 radical (unpaired) electrons. The Morgan fingerprint density at radius 3 is 2.47 bits per heavy atom. The van der Waals surface area contributed by atoms with Crippen molar-refractivity contribution in [2.45, 2.75) is 6.10 Å². The molecule has 0 saturated heterocycles. The van der Waals surface area contributed by atoms with Crippen molar-refractivity contribution in [3.8, 4) is 21.7 Å². The number of nitrogens with one attached hydrogen (secondary N) is 1. The Morgan fingerprint density at radius 2 is 1.78 bits per heavy atom. The Bertz CT molecular complexity index is 1580. The summed E-state index contributed by atoms with van der Waals surface area (Å²) in [6, 6.07) is 17.0. The maximum absolute atomic E-state index is 12.7. The van der Waals surface area contributed by atoms with Crippen LogP contribution < -0.4 is 5.32 Å². The van der Waals surface area contributed by atoms with E-state index >= 15 is 0 Å². The molecule has 3 aromatic heterocycles. The summed E-state index contributed by atoms with van der Waals surface area (Å²) in [5.74, 6) is -2.02. The monoisotopic (exact) mass is 538 g/mol. The number of aliphatic hydroxyl groups excluding tert-OH is 1. The van der Waals surface area contributed by atoms with Gasteiger partial charge in [0.05, 0.1) is 11.4 Å². The van der Waals surface area contributed by atoms with Crippen LogP contribution in [0.4, 0.5) is 5.69 Å². The lowest BCUT2D eigenvalue weighted by molar-refractivity contribution is -0.124. The Balaban J connectivity index is 1.40. The number of carboxylic acids is 1. The second-order valence-electron chi connectivity index (χ2n) is 7.75. The van der Waals surface area contributed by atoms with Gasteiger partial charge in [0, 0.05) is 44.5 Å². The van der Waals surface area contributed by atoms with Gasteiger partial charge < -0.3 is 15.5 Å². The van der Waals surface area contributed by atoms with Crippen LogP contribution in [-0.4, -0.2) is 36.7 Å². The van der Waals surface area contributed by atoms with Crippen LogP contribution in [0.15, 0.2) is 73.1 Å². The van der Waals surface area contributed by atoms with Crippen LogP contribution in [0.2, 0.25) is 10.0 Å². The topological polar surface area (TPSA) is 117 Å². The summed E-state index contributed by atoms with van der Waals surface area (Å²) >= 11 is 13.0. The molecule has 1 amide bonds. The molecule has 5 aromatic rings. The molecule has 11 heteroatoms. The van der Waals surface area contributed by atoms with E-state index in [1.165, 1.54) is 18.2 Å². The van der Waals surface area contributed by atoms with Crippen molar-refractivity contribution in [3.63, 3.8) is 0 Å². The summed E-state index contributed by atoms with van der Waals surface area (Å²) in [5.41, 5.74) is 3.34. The number of nitrogens with zero attached hydrogens (tertiary/aromatic N) is 3. The molecular weight excluding hydrogens is 523 g/mol. The highest BCUT2D eigenvalue weighted by Crippen LogP contribution is 2.36. The fraction of sp³-hybridized carbons (Fsp3) is 0.0400. The summed E-state index contributed by atoms with van der Waals surface area (Å²) in [4.78, 5) is 29.4. The van der Waals surface area contributed by atoms with E-state index in [-0.39, 0.29) is 21.2 Å². The number of carboxylic acid groups (broad SMARTS) is 1. The lowest BCUT2D eigenvalue weighted by atomic mass is 10.1. The van der Waals surface area contributed by atoms with E-state index in [9.17, 15) is 19.8 Å². The Hall–Kier alpha value is -3.76. The van der Waals surface area contributed by atoms with Crippen LogP contribution in [0.25, 0.3) is 27.3 Å². The highest BCUT2D eigenvalue weighted by Gasteiger charge is 2.24. The smallest absolute Gasteiger partial charge is 0.348 e. The number of amides is 1. The van der Waals surface area contributed by atoms with Gasteiger partial charge in [0.2, 0.25) is 0 Å². The Labute approximate surface area is 218 Å². The van der Waals surface area contributed by atoms with E-state index in [0.29, 0.717) is 9.90 Å². The van der Waals surface area contributed by atoms with Gasteiger partial charge in [-0.15, -0.1) is 11.3 Å². The summed E-state index contributed by atoms with van der Waals surface area (Å²) in [6.45, 7) is 0. The highest BCUT2D eigenvalue weighted by molar-refractivity contribution is 7.18. The van der Waals surface area contributed by atoms with E-state index < -0.39 is 18.0 Å². The summed E-state index contributed by atoms with van der Waals surface area (Å²) in [5, 5.41) is 27.6. The molecule has 36 heavy (non-hydrogen) atoms. The third-order valence-electron chi connectivity index (χ3n) is 5.39. The molecule has 180 valence electrons. The van der Waals surface area contributed by atoms with E-state index in [2.05, 4.69) is 15.4 Å². The number of anilines is 1. The van der Waals surface area contributed by atoms with E-state index in [1.54, 1.807) is 22.8 Å². The number of aliphatic hydroxyl groups is 1. The summed E-state index contributed by atoms with van der Waals surface area (Å²) in [6.07, 6.45) is 1.89. The first-order chi connectivity index (χ1) is 17.3. The second kappa shape index (κ2) is 9.71. The zero-order valence-electron chi connectivity index (χ0n) is 18.2. The molecule has 3 heterocycles. The van der Waals surface area contributed by atoms with Crippen molar-refractivity contribution < 1.29 is 19.8 Å². The standard InChI is InChI=1S/C25H16Cl2N4O4S/c26-15-6-7-16(17(27)10-15)22(32)24(33)29-19-11-20(36-23(19)25(34)35)14-4-2-13(3-5-14)18-12-21-28-8-1-9-31(21)30-18/h1-12,22,32H,(H,29,33)(H,34,35). The van der Waals surface area contributed by atoms with Gasteiger partial charge in [0.15, 0.2) is 11.8 Å². The molecule has 1 unspecified atom stereocenters. The number of benzene rings is 2. The zero-order chi connectivity index (χ0) is 25.4. The highest BCUT2D eigenvalue weighted by atomic mass is 35.5. The molecule has 0 aliphatic carbocycles. The molecule has 2 aromatic carbocycles. The number of thiophene rings is 1. The fourth-order valence-corrected chi connectivity index (χ4v) is 5.10. The van der Waals surface area contributed by atoms with Crippen molar-refractivity contribution in [2.75, 3.05) is 5.32 Å². The molecular formula is C25H16Cl2N4O4S. The van der Waals surface area contributed by atoms with Crippen LogP contribution in [0.3, 0.4) is 0 Å². The molecule has 5 rings (SSSR count).